The average Bonchev–Trinajstić information content (AvgIpc) is 2.96. The molecule has 1 aromatic carbocycles. The second-order valence-corrected chi connectivity index (χ2v) is 8.93. The maximum Gasteiger partial charge on any atom is 0.262 e. The molecule has 2 heterocycles. The van der Waals surface area contributed by atoms with Crippen molar-refractivity contribution in [2.45, 2.75) is 49.1 Å². The minimum atomic E-state index is -3.55. The molecule has 0 aromatic heterocycles. The van der Waals surface area contributed by atoms with E-state index in [4.69, 9.17) is 0 Å². The van der Waals surface area contributed by atoms with Crippen LogP contribution in [0.15, 0.2) is 29.2 Å². The third kappa shape index (κ3) is 4.21. The summed E-state index contributed by atoms with van der Waals surface area (Å²) < 4.78 is 53.1. The topological polar surface area (TPSA) is 78.5 Å². The van der Waals surface area contributed by atoms with Gasteiger partial charge in [0.2, 0.25) is 15.9 Å². The van der Waals surface area contributed by atoms with Crippen LogP contribution < -0.4 is 10.6 Å². The van der Waals surface area contributed by atoms with E-state index in [0.29, 0.717) is 12.8 Å². The third-order valence-electron chi connectivity index (χ3n) is 4.89. The molecule has 0 bridgehead atoms. The van der Waals surface area contributed by atoms with E-state index in [1.54, 1.807) is 24.3 Å². The van der Waals surface area contributed by atoms with Crippen LogP contribution >= 0.6 is 0 Å². The Bertz CT molecular complexity index is 760. The van der Waals surface area contributed by atoms with Gasteiger partial charge in [-0.2, -0.15) is 4.31 Å². The second-order valence-electron chi connectivity index (χ2n) is 6.99. The van der Waals surface area contributed by atoms with Gasteiger partial charge < -0.3 is 5.32 Å². The van der Waals surface area contributed by atoms with Gasteiger partial charge in [-0.25, -0.2) is 17.2 Å². The highest BCUT2D eigenvalue weighted by Gasteiger charge is 2.42. The first-order chi connectivity index (χ1) is 12.2. The van der Waals surface area contributed by atoms with E-state index in [0.717, 1.165) is 5.56 Å². The molecule has 0 radical (unpaired) electrons. The van der Waals surface area contributed by atoms with Gasteiger partial charge in [0.15, 0.2) is 0 Å². The predicted molar refractivity (Wildman–Crippen MR) is 92.5 cm³/mol. The molecular formula is C17H23F2N3O3S. The lowest BCUT2D eigenvalue weighted by atomic mass is 10.1. The number of nitrogens with one attached hydrogen (secondary N) is 2. The van der Waals surface area contributed by atoms with E-state index < -0.39 is 40.9 Å². The fourth-order valence-corrected chi connectivity index (χ4v) is 4.77. The summed E-state index contributed by atoms with van der Waals surface area (Å²) in [5.74, 6) is -3.30. The smallest absolute Gasteiger partial charge is 0.262 e. The number of nitrogens with zero attached hydrogens (tertiary/aromatic N) is 1. The van der Waals surface area contributed by atoms with Crippen LogP contribution in [0.25, 0.3) is 0 Å². The van der Waals surface area contributed by atoms with Gasteiger partial charge in [0.25, 0.3) is 5.92 Å². The standard InChI is InChI=1S/C17H23F2N3O3S/c1-12-2-4-14(5-3-12)26(24,25)22-8-6-13(7-9-22)21-16(23)15-10-17(18,19)11-20-15/h2-5,13,15,20H,6-11H2,1H3,(H,21,23). The largest absolute Gasteiger partial charge is 0.352 e. The molecule has 144 valence electrons. The summed E-state index contributed by atoms with van der Waals surface area (Å²) >= 11 is 0. The molecule has 2 fully saturated rings. The molecule has 3 rings (SSSR count). The molecule has 2 aliphatic rings. The summed E-state index contributed by atoms with van der Waals surface area (Å²) in [6, 6.07) is 5.59. The van der Waals surface area contributed by atoms with Crippen LogP contribution in [0.2, 0.25) is 0 Å². The van der Waals surface area contributed by atoms with Gasteiger partial charge in [0, 0.05) is 25.6 Å². The summed E-state index contributed by atoms with van der Waals surface area (Å²) in [4.78, 5) is 12.3. The average molecular weight is 387 g/mol. The Morgan fingerprint density at radius 1 is 1.23 bits per heavy atom. The van der Waals surface area contributed by atoms with Gasteiger partial charge >= 0.3 is 0 Å². The highest BCUT2D eigenvalue weighted by Crippen LogP contribution is 2.26. The van der Waals surface area contributed by atoms with Crippen molar-refractivity contribution in [2.75, 3.05) is 19.6 Å². The second kappa shape index (κ2) is 7.21. The Morgan fingerprint density at radius 3 is 2.38 bits per heavy atom. The molecule has 0 spiro atoms. The van der Waals surface area contributed by atoms with Crippen molar-refractivity contribution in [3.63, 3.8) is 0 Å². The minimum Gasteiger partial charge on any atom is -0.352 e. The van der Waals surface area contributed by atoms with Gasteiger partial charge in [-0.05, 0) is 31.9 Å². The number of rotatable bonds is 4. The molecule has 0 saturated carbocycles. The first kappa shape index (κ1) is 19.2. The van der Waals surface area contributed by atoms with Gasteiger partial charge in [0.1, 0.15) is 0 Å². The van der Waals surface area contributed by atoms with Crippen molar-refractivity contribution in [1.29, 1.82) is 0 Å². The number of amides is 1. The molecule has 1 unspecified atom stereocenters. The van der Waals surface area contributed by atoms with Crippen LogP contribution in [0.5, 0.6) is 0 Å². The zero-order chi connectivity index (χ0) is 18.9. The first-order valence-corrected chi connectivity index (χ1v) is 10.1. The molecule has 0 aliphatic carbocycles. The fourth-order valence-electron chi connectivity index (χ4n) is 3.30. The van der Waals surface area contributed by atoms with Crippen molar-refractivity contribution < 1.29 is 22.0 Å². The summed E-state index contributed by atoms with van der Waals surface area (Å²) in [6.45, 7) is 1.97. The molecule has 2 aliphatic heterocycles. The number of sulfonamides is 1. The van der Waals surface area contributed by atoms with Crippen molar-refractivity contribution in [2.24, 2.45) is 0 Å². The Labute approximate surface area is 152 Å². The number of aryl methyl sites for hydroxylation is 1. The Hall–Kier alpha value is -1.58. The van der Waals surface area contributed by atoms with E-state index in [2.05, 4.69) is 10.6 Å². The fraction of sp³-hybridized carbons (Fsp3) is 0.588. The number of benzene rings is 1. The van der Waals surface area contributed by atoms with Gasteiger partial charge in [0.05, 0.1) is 17.5 Å². The molecule has 1 atom stereocenters. The van der Waals surface area contributed by atoms with Gasteiger partial charge in [-0.15, -0.1) is 0 Å². The van der Waals surface area contributed by atoms with Crippen molar-refractivity contribution in [1.82, 2.24) is 14.9 Å². The Kier molecular flexibility index (Phi) is 5.32. The number of halogens is 2. The first-order valence-electron chi connectivity index (χ1n) is 8.66. The number of piperidine rings is 1. The SMILES string of the molecule is Cc1ccc(S(=O)(=O)N2CCC(NC(=O)C3CC(F)(F)CN3)CC2)cc1. The number of hydrogen-bond acceptors (Lipinski definition) is 4. The molecular weight excluding hydrogens is 364 g/mol. The van der Waals surface area contributed by atoms with E-state index in [1.165, 1.54) is 4.31 Å². The Morgan fingerprint density at radius 2 is 1.85 bits per heavy atom. The molecule has 1 aromatic rings. The molecule has 2 saturated heterocycles. The predicted octanol–water partition coefficient (Wildman–Crippen LogP) is 1.26. The summed E-state index contributed by atoms with van der Waals surface area (Å²) in [6.07, 6.45) is 0.416. The highest BCUT2D eigenvalue weighted by atomic mass is 32.2. The number of carbonyl (C=O) groups excluding carboxylic acids is 1. The highest BCUT2D eigenvalue weighted by molar-refractivity contribution is 7.89. The Balaban J connectivity index is 1.54. The lowest BCUT2D eigenvalue weighted by Gasteiger charge is -2.32. The maximum atomic E-state index is 13.2. The normalized spacial score (nSPS) is 24.5. The van der Waals surface area contributed by atoms with Gasteiger partial charge in [-0.3, -0.25) is 10.1 Å². The molecule has 1 amide bonds. The molecule has 9 heteroatoms. The number of alkyl halides is 2. The molecule has 6 nitrogen and oxygen atoms in total. The monoisotopic (exact) mass is 387 g/mol. The zero-order valence-corrected chi connectivity index (χ0v) is 15.4. The third-order valence-corrected chi connectivity index (χ3v) is 6.80. The van der Waals surface area contributed by atoms with E-state index in [1.807, 2.05) is 6.92 Å². The van der Waals surface area contributed by atoms with E-state index >= 15 is 0 Å². The van der Waals surface area contributed by atoms with Crippen LogP contribution in [-0.2, 0) is 14.8 Å². The van der Waals surface area contributed by atoms with Gasteiger partial charge in [-0.1, -0.05) is 17.7 Å². The number of carbonyl (C=O) groups is 1. The quantitative estimate of drug-likeness (QED) is 0.815. The number of hydrogen-bond donors (Lipinski definition) is 2. The van der Waals surface area contributed by atoms with Crippen LogP contribution in [-0.4, -0.2) is 56.3 Å². The van der Waals surface area contributed by atoms with E-state index in [-0.39, 0.29) is 24.0 Å². The summed E-state index contributed by atoms with van der Waals surface area (Å²) in [5, 5.41) is 5.29. The van der Waals surface area contributed by atoms with Crippen molar-refractivity contribution >= 4 is 15.9 Å². The molecule has 26 heavy (non-hydrogen) atoms. The van der Waals surface area contributed by atoms with Crippen LogP contribution in [0.4, 0.5) is 8.78 Å². The lowest BCUT2D eigenvalue weighted by molar-refractivity contribution is -0.124. The van der Waals surface area contributed by atoms with Crippen LogP contribution in [0.3, 0.4) is 0 Å². The van der Waals surface area contributed by atoms with Crippen molar-refractivity contribution in [3.8, 4) is 0 Å². The summed E-state index contributed by atoms with van der Waals surface area (Å²) in [5.41, 5.74) is 0.983. The lowest BCUT2D eigenvalue weighted by Crippen LogP contribution is -2.50. The van der Waals surface area contributed by atoms with E-state index in [9.17, 15) is 22.0 Å². The van der Waals surface area contributed by atoms with Crippen LogP contribution in [0.1, 0.15) is 24.8 Å². The minimum absolute atomic E-state index is 0.206. The van der Waals surface area contributed by atoms with Crippen molar-refractivity contribution in [3.05, 3.63) is 29.8 Å². The summed E-state index contributed by atoms with van der Waals surface area (Å²) in [7, 11) is -3.55. The molecule has 2 N–H and O–H groups in total. The zero-order valence-electron chi connectivity index (χ0n) is 14.5. The maximum absolute atomic E-state index is 13.2. The van der Waals surface area contributed by atoms with Crippen LogP contribution in [0, 0.1) is 6.92 Å².